The van der Waals surface area contributed by atoms with Crippen LogP contribution in [-0.2, 0) is 16.1 Å². The first-order valence-electron chi connectivity index (χ1n) is 11.2. The van der Waals surface area contributed by atoms with Crippen LogP contribution in [0.1, 0.15) is 35.1 Å². The van der Waals surface area contributed by atoms with Crippen LogP contribution in [0, 0.1) is 0 Å². The minimum Gasteiger partial charge on any atom is -0.487 e. The number of piperazine rings is 1. The molecule has 1 fully saturated rings. The first-order valence-corrected chi connectivity index (χ1v) is 11.2. The maximum absolute atomic E-state index is 12.6. The average molecular weight is 416 g/mol. The van der Waals surface area contributed by atoms with E-state index in [0.717, 1.165) is 28.8 Å². The molecule has 1 N–H and O–H groups in total. The van der Waals surface area contributed by atoms with Gasteiger partial charge < -0.3 is 19.9 Å². The Kier molecular flexibility index (Phi) is 5.62. The van der Waals surface area contributed by atoms with Crippen molar-refractivity contribution in [3.8, 4) is 0 Å². The number of carbonyl (C=O) groups excluding carboxylic acids is 1. The number of allylic oxidation sites excluding steroid dienone is 1. The number of carbonyl (C=O) groups is 1. The van der Waals surface area contributed by atoms with Gasteiger partial charge in [0.2, 0.25) is 0 Å². The fourth-order valence-corrected chi connectivity index (χ4v) is 4.56. The summed E-state index contributed by atoms with van der Waals surface area (Å²) in [6.45, 7) is 6.42. The molecule has 0 unspecified atom stereocenters. The summed E-state index contributed by atoms with van der Waals surface area (Å²) < 4.78 is 5.99. The third kappa shape index (κ3) is 4.16. The number of hydrogen-bond acceptors (Lipinski definition) is 4. The molecule has 5 heteroatoms. The number of para-hydroxylation sites is 1. The van der Waals surface area contributed by atoms with E-state index in [-0.39, 0.29) is 5.91 Å². The van der Waals surface area contributed by atoms with Gasteiger partial charge in [0.15, 0.2) is 0 Å². The molecule has 0 aromatic heterocycles. The Bertz CT molecular complexity index is 1050. The summed E-state index contributed by atoms with van der Waals surface area (Å²) in [6, 6.07) is 14.2. The predicted molar refractivity (Wildman–Crippen MR) is 125 cm³/mol. The molecule has 0 radical (unpaired) electrons. The van der Waals surface area contributed by atoms with E-state index in [1.165, 1.54) is 44.7 Å². The van der Waals surface area contributed by atoms with Crippen LogP contribution in [0.2, 0.25) is 0 Å². The molecule has 0 atom stereocenters. The van der Waals surface area contributed by atoms with E-state index in [1.807, 2.05) is 24.3 Å². The summed E-state index contributed by atoms with van der Waals surface area (Å²) >= 11 is 0. The van der Waals surface area contributed by atoms with Gasteiger partial charge in [-0.15, -0.1) is 0 Å². The van der Waals surface area contributed by atoms with E-state index in [1.54, 1.807) is 0 Å². The van der Waals surface area contributed by atoms with Crippen LogP contribution < -0.4 is 5.32 Å². The molecule has 0 saturated carbocycles. The molecule has 3 aliphatic heterocycles. The van der Waals surface area contributed by atoms with Crippen molar-refractivity contribution in [2.45, 2.75) is 19.4 Å². The number of benzene rings is 2. The Balaban J connectivity index is 1.24. The van der Waals surface area contributed by atoms with Crippen molar-refractivity contribution < 1.29 is 9.53 Å². The van der Waals surface area contributed by atoms with Gasteiger partial charge in [0, 0.05) is 48.6 Å². The molecule has 2 aromatic rings. The Labute approximate surface area is 184 Å². The van der Waals surface area contributed by atoms with Crippen molar-refractivity contribution in [1.82, 2.24) is 9.80 Å². The number of amides is 1. The van der Waals surface area contributed by atoms with E-state index in [4.69, 9.17) is 4.74 Å². The number of nitrogens with zero attached hydrogens (tertiary/aromatic N) is 2. The van der Waals surface area contributed by atoms with Gasteiger partial charge in [-0.05, 0) is 44.1 Å². The van der Waals surface area contributed by atoms with Crippen LogP contribution in [0.4, 0.5) is 5.69 Å². The minimum atomic E-state index is -0.0895. The second-order valence-corrected chi connectivity index (χ2v) is 8.60. The van der Waals surface area contributed by atoms with Crippen LogP contribution in [0.25, 0.3) is 17.4 Å². The van der Waals surface area contributed by atoms with Gasteiger partial charge in [-0.2, -0.15) is 0 Å². The Hall–Kier alpha value is -2.89. The van der Waals surface area contributed by atoms with Gasteiger partial charge in [-0.25, -0.2) is 0 Å². The molecule has 1 amide bonds. The summed E-state index contributed by atoms with van der Waals surface area (Å²) in [6.07, 6.45) is 6.76. The standard InChI is InChI=1S/C26H29N3O2/c1-28-13-15-29(16-14-28)12-6-2-3-7-19-10-11-21-20(17-19)18-31-25(21)24-22-8-4-5-9-23(22)27-26(24)30/h3-5,7-11,17H,2,6,12-16,18H2,1H3,(H,27,30)/b7-3+,25-24+. The summed E-state index contributed by atoms with van der Waals surface area (Å²) in [5.74, 6) is 0.605. The first-order chi connectivity index (χ1) is 15.2. The van der Waals surface area contributed by atoms with Gasteiger partial charge in [-0.3, -0.25) is 4.79 Å². The number of hydrogen-bond donors (Lipinski definition) is 1. The zero-order valence-electron chi connectivity index (χ0n) is 18.1. The lowest BCUT2D eigenvalue weighted by atomic mass is 9.99. The monoisotopic (exact) mass is 415 g/mol. The van der Waals surface area contributed by atoms with E-state index in [9.17, 15) is 4.79 Å². The van der Waals surface area contributed by atoms with Crippen molar-refractivity contribution in [2.75, 3.05) is 45.1 Å². The minimum absolute atomic E-state index is 0.0895. The molecule has 1 saturated heterocycles. The SMILES string of the molecule is CN1CCN(CCC/C=C/c2ccc3c(c2)CO/C3=C2/C(=O)Nc3ccccc32)CC1. The van der Waals surface area contributed by atoms with E-state index >= 15 is 0 Å². The zero-order valence-corrected chi connectivity index (χ0v) is 18.1. The Morgan fingerprint density at radius 3 is 2.77 bits per heavy atom. The van der Waals surface area contributed by atoms with Crippen LogP contribution >= 0.6 is 0 Å². The maximum Gasteiger partial charge on any atom is 0.260 e. The number of nitrogens with one attached hydrogen (secondary N) is 1. The lowest BCUT2D eigenvalue weighted by Crippen LogP contribution is -2.44. The molecule has 0 bridgehead atoms. The van der Waals surface area contributed by atoms with Gasteiger partial charge in [-0.1, -0.05) is 42.5 Å². The number of anilines is 1. The zero-order chi connectivity index (χ0) is 21.2. The summed E-state index contributed by atoms with van der Waals surface area (Å²) in [4.78, 5) is 17.5. The summed E-state index contributed by atoms with van der Waals surface area (Å²) in [7, 11) is 2.20. The second-order valence-electron chi connectivity index (χ2n) is 8.60. The van der Waals surface area contributed by atoms with Crippen molar-refractivity contribution in [3.63, 3.8) is 0 Å². The smallest absolute Gasteiger partial charge is 0.260 e. The maximum atomic E-state index is 12.6. The second kappa shape index (κ2) is 8.69. The Morgan fingerprint density at radius 2 is 1.90 bits per heavy atom. The lowest BCUT2D eigenvalue weighted by molar-refractivity contribution is -0.110. The molecule has 3 heterocycles. The van der Waals surface area contributed by atoms with E-state index in [0.29, 0.717) is 17.9 Å². The van der Waals surface area contributed by atoms with Crippen LogP contribution in [-0.4, -0.2) is 55.5 Å². The molecule has 31 heavy (non-hydrogen) atoms. The quantitative estimate of drug-likeness (QED) is 0.590. The molecular weight excluding hydrogens is 386 g/mol. The third-order valence-corrected chi connectivity index (χ3v) is 6.40. The van der Waals surface area contributed by atoms with E-state index < -0.39 is 0 Å². The molecule has 5 rings (SSSR count). The highest BCUT2D eigenvalue weighted by atomic mass is 16.5. The summed E-state index contributed by atoms with van der Waals surface area (Å²) in [5.41, 5.74) is 5.75. The van der Waals surface area contributed by atoms with E-state index in [2.05, 4.69) is 52.5 Å². The van der Waals surface area contributed by atoms with Gasteiger partial charge in [0.05, 0.1) is 5.57 Å². The molecule has 160 valence electrons. The number of unbranched alkanes of at least 4 members (excludes halogenated alkanes) is 1. The number of likely N-dealkylation sites (N-methyl/N-ethyl adjacent to an activating group) is 1. The lowest BCUT2D eigenvalue weighted by Gasteiger charge is -2.32. The molecule has 0 spiro atoms. The fraction of sp³-hybridized carbons (Fsp3) is 0.346. The average Bonchev–Trinajstić information content (AvgIpc) is 3.34. The van der Waals surface area contributed by atoms with Crippen LogP contribution in [0.3, 0.4) is 0 Å². The largest absolute Gasteiger partial charge is 0.487 e. The third-order valence-electron chi connectivity index (χ3n) is 6.40. The van der Waals surface area contributed by atoms with Gasteiger partial charge in [0.1, 0.15) is 12.4 Å². The van der Waals surface area contributed by atoms with Crippen molar-refractivity contribution in [2.24, 2.45) is 0 Å². The molecule has 0 aliphatic carbocycles. The summed E-state index contributed by atoms with van der Waals surface area (Å²) in [5, 5.41) is 2.94. The van der Waals surface area contributed by atoms with Crippen molar-refractivity contribution in [3.05, 3.63) is 70.8 Å². The highest BCUT2D eigenvalue weighted by molar-refractivity contribution is 6.36. The number of ether oxygens (including phenoxy) is 1. The highest BCUT2D eigenvalue weighted by Gasteiger charge is 2.32. The van der Waals surface area contributed by atoms with Crippen molar-refractivity contribution >= 4 is 29.0 Å². The van der Waals surface area contributed by atoms with Crippen LogP contribution in [0.5, 0.6) is 0 Å². The number of fused-ring (bicyclic) bond motifs is 2. The molecular formula is C26H29N3O2. The van der Waals surface area contributed by atoms with Crippen molar-refractivity contribution in [1.29, 1.82) is 0 Å². The predicted octanol–water partition coefficient (Wildman–Crippen LogP) is 4.08. The fourth-order valence-electron chi connectivity index (χ4n) is 4.56. The highest BCUT2D eigenvalue weighted by Crippen LogP contribution is 2.41. The first kappa shape index (κ1) is 20.0. The topological polar surface area (TPSA) is 44.8 Å². The van der Waals surface area contributed by atoms with Crippen LogP contribution in [0.15, 0.2) is 48.5 Å². The number of rotatable bonds is 5. The van der Waals surface area contributed by atoms with Gasteiger partial charge in [0.25, 0.3) is 5.91 Å². The Morgan fingerprint density at radius 1 is 1.06 bits per heavy atom. The molecule has 3 aliphatic rings. The molecule has 2 aromatic carbocycles. The molecule has 5 nitrogen and oxygen atoms in total. The van der Waals surface area contributed by atoms with Gasteiger partial charge >= 0.3 is 0 Å². The normalized spacial score (nSPS) is 21.3.